The van der Waals surface area contributed by atoms with Crippen molar-refractivity contribution in [3.05, 3.63) is 30.3 Å². The molecule has 1 unspecified atom stereocenters. The molecule has 3 rings (SSSR count). The predicted molar refractivity (Wildman–Crippen MR) is 119 cm³/mol. The van der Waals surface area contributed by atoms with E-state index >= 15 is 0 Å². The van der Waals surface area contributed by atoms with Crippen LogP contribution in [0.1, 0.15) is 34.6 Å². The fraction of sp³-hybridized carbons (Fsp3) is 0.545. The van der Waals surface area contributed by atoms with E-state index in [-0.39, 0.29) is 30.3 Å². The monoisotopic (exact) mass is 479 g/mol. The molecule has 2 saturated heterocycles. The summed E-state index contributed by atoms with van der Waals surface area (Å²) in [5, 5.41) is 2.44. The second-order valence-electron chi connectivity index (χ2n) is 9.42. The van der Waals surface area contributed by atoms with Crippen LogP contribution in [0.25, 0.3) is 0 Å². The fourth-order valence-corrected chi connectivity index (χ4v) is 5.19. The van der Waals surface area contributed by atoms with E-state index in [4.69, 9.17) is 14.4 Å². The first-order valence-electron chi connectivity index (χ1n) is 10.5. The molecule has 180 valence electrons. The van der Waals surface area contributed by atoms with Crippen molar-refractivity contribution in [3.63, 3.8) is 0 Å². The van der Waals surface area contributed by atoms with Gasteiger partial charge in [-0.3, -0.25) is 9.59 Å². The molecule has 1 aromatic rings. The molecule has 0 aromatic heterocycles. The third-order valence-corrected chi connectivity index (χ3v) is 6.92. The molecule has 0 radical (unpaired) electrons. The first-order chi connectivity index (χ1) is 15.4. The van der Waals surface area contributed by atoms with Crippen LogP contribution in [0.2, 0.25) is 0 Å². The number of thioether (sulfide) groups is 1. The summed E-state index contributed by atoms with van der Waals surface area (Å²) in [6.45, 7) is 8.62. The van der Waals surface area contributed by atoms with Gasteiger partial charge in [-0.25, -0.2) is 9.59 Å². The number of ether oxygens (including phenoxy) is 1. The van der Waals surface area contributed by atoms with Gasteiger partial charge in [0, 0.05) is 16.9 Å². The minimum absolute atomic E-state index is 0.142. The highest BCUT2D eigenvalue weighted by Gasteiger charge is 2.64. The van der Waals surface area contributed by atoms with Crippen LogP contribution in [-0.4, -0.2) is 58.0 Å². The lowest BCUT2D eigenvalue weighted by Gasteiger charge is -2.43. The molecule has 11 heteroatoms. The summed E-state index contributed by atoms with van der Waals surface area (Å²) in [7, 11) is 0. The molecule has 0 spiro atoms. The molecule has 3 atom stereocenters. The molecule has 10 nitrogen and oxygen atoms in total. The van der Waals surface area contributed by atoms with E-state index in [1.165, 1.54) is 16.7 Å². The standard InChI is InChI=1S/C22H29N3O7S/c1-21(2,3)20(29)32-24-31-19(28)16-22(4,5)33-18-14(17(27)25(16)18)11-23-15(26)12-30-13-9-7-6-8-10-13/h6-10,14,16,18,24H,11-12H2,1-5H3,(H,23,26)/t14-,16+,18?/m1/s1. The molecule has 2 heterocycles. The third-order valence-electron chi connectivity index (χ3n) is 5.30. The van der Waals surface area contributed by atoms with Gasteiger partial charge in [0.1, 0.15) is 11.8 Å². The number of benzene rings is 1. The number of rotatable bonds is 8. The summed E-state index contributed by atoms with van der Waals surface area (Å²) in [5.74, 6) is -1.80. The lowest BCUT2D eigenvalue weighted by Crippen LogP contribution is -2.65. The highest BCUT2D eigenvalue weighted by Crippen LogP contribution is 2.53. The van der Waals surface area contributed by atoms with Gasteiger partial charge in [-0.1, -0.05) is 18.2 Å². The molecule has 0 aliphatic carbocycles. The first-order valence-corrected chi connectivity index (χ1v) is 11.4. The second kappa shape index (κ2) is 9.60. The van der Waals surface area contributed by atoms with Crippen molar-refractivity contribution in [1.82, 2.24) is 15.9 Å². The van der Waals surface area contributed by atoms with Crippen molar-refractivity contribution in [3.8, 4) is 5.75 Å². The largest absolute Gasteiger partial charge is 0.484 e. The number of hydrogen-bond acceptors (Lipinski definition) is 9. The summed E-state index contributed by atoms with van der Waals surface area (Å²) in [4.78, 5) is 60.4. The lowest BCUT2D eigenvalue weighted by atomic mass is 9.91. The van der Waals surface area contributed by atoms with Crippen molar-refractivity contribution in [2.45, 2.75) is 50.8 Å². The normalized spacial score (nSPS) is 23.2. The van der Waals surface area contributed by atoms with Gasteiger partial charge < -0.3 is 24.6 Å². The van der Waals surface area contributed by atoms with Crippen LogP contribution in [0.5, 0.6) is 5.75 Å². The summed E-state index contributed by atoms with van der Waals surface area (Å²) >= 11 is 1.46. The Labute approximate surface area is 196 Å². The highest BCUT2D eigenvalue weighted by molar-refractivity contribution is 8.01. The van der Waals surface area contributed by atoms with Gasteiger partial charge in [-0.2, -0.15) is 0 Å². The molecular formula is C22H29N3O7S. The molecule has 2 fully saturated rings. The van der Waals surface area contributed by atoms with E-state index in [1.807, 2.05) is 25.6 Å². The predicted octanol–water partition coefficient (Wildman–Crippen LogP) is 1.41. The highest BCUT2D eigenvalue weighted by atomic mass is 32.2. The number of amides is 2. The van der Waals surface area contributed by atoms with Crippen LogP contribution in [0.15, 0.2) is 30.3 Å². The zero-order chi connectivity index (χ0) is 24.4. The molecule has 1 aromatic carbocycles. The molecule has 33 heavy (non-hydrogen) atoms. The van der Waals surface area contributed by atoms with Gasteiger partial charge in [-0.05, 0) is 46.8 Å². The minimum atomic E-state index is -0.866. The average molecular weight is 480 g/mol. The number of fused-ring (bicyclic) bond motifs is 1. The van der Waals surface area contributed by atoms with Crippen LogP contribution in [0, 0.1) is 11.3 Å². The van der Waals surface area contributed by atoms with Crippen molar-refractivity contribution >= 4 is 35.5 Å². The molecular weight excluding hydrogens is 450 g/mol. The number of carbonyl (C=O) groups excluding carboxylic acids is 4. The maximum atomic E-state index is 12.8. The second-order valence-corrected chi connectivity index (χ2v) is 11.2. The number of carbonyl (C=O) groups is 4. The van der Waals surface area contributed by atoms with Gasteiger partial charge in [0.25, 0.3) is 5.91 Å². The van der Waals surface area contributed by atoms with Crippen LogP contribution in [-0.2, 0) is 28.9 Å². The van der Waals surface area contributed by atoms with Crippen LogP contribution >= 0.6 is 11.8 Å². The Morgan fingerprint density at radius 1 is 1.12 bits per heavy atom. The third kappa shape index (κ3) is 5.59. The number of para-hydroxylation sites is 1. The lowest BCUT2D eigenvalue weighted by molar-refractivity contribution is -0.209. The zero-order valence-electron chi connectivity index (χ0n) is 19.2. The maximum absolute atomic E-state index is 12.8. The van der Waals surface area contributed by atoms with Crippen molar-refractivity contribution < 1.29 is 33.6 Å². The maximum Gasteiger partial charge on any atom is 0.352 e. The van der Waals surface area contributed by atoms with E-state index in [1.54, 1.807) is 45.0 Å². The number of nitrogens with one attached hydrogen (secondary N) is 2. The van der Waals surface area contributed by atoms with Crippen molar-refractivity contribution in [1.29, 1.82) is 0 Å². The molecule has 2 N–H and O–H groups in total. The van der Waals surface area contributed by atoms with Crippen molar-refractivity contribution in [2.75, 3.05) is 13.2 Å². The number of hydrogen-bond donors (Lipinski definition) is 2. The minimum Gasteiger partial charge on any atom is -0.484 e. The molecule has 0 bridgehead atoms. The zero-order valence-corrected chi connectivity index (χ0v) is 20.1. The van der Waals surface area contributed by atoms with E-state index in [9.17, 15) is 19.2 Å². The average Bonchev–Trinajstić information content (AvgIpc) is 3.00. The number of β-lactam (4-membered cyclic amide) rings is 1. The van der Waals surface area contributed by atoms with Gasteiger partial charge in [-0.15, -0.1) is 11.8 Å². The summed E-state index contributed by atoms with van der Waals surface area (Å²) in [6.07, 6.45) is 0. The molecule has 2 amide bonds. The van der Waals surface area contributed by atoms with Gasteiger partial charge in [0.2, 0.25) is 5.91 Å². The number of nitrogens with zero attached hydrogens (tertiary/aromatic N) is 1. The Bertz CT molecular complexity index is 916. The van der Waals surface area contributed by atoms with Gasteiger partial charge in [0.05, 0.1) is 16.7 Å². The molecule has 2 aliphatic heterocycles. The Balaban J connectivity index is 1.49. The summed E-state index contributed by atoms with van der Waals surface area (Å²) < 4.78 is 4.77. The molecule has 0 saturated carbocycles. The van der Waals surface area contributed by atoms with Gasteiger partial charge >= 0.3 is 11.9 Å². The van der Waals surface area contributed by atoms with Crippen LogP contribution in [0.3, 0.4) is 0 Å². The van der Waals surface area contributed by atoms with Gasteiger partial charge in [0.15, 0.2) is 6.61 Å². The summed E-state index contributed by atoms with van der Waals surface area (Å²) in [5.41, 5.74) is 1.17. The Hall–Kier alpha value is -2.79. The smallest absolute Gasteiger partial charge is 0.352 e. The van der Waals surface area contributed by atoms with E-state index in [0.717, 1.165) is 0 Å². The fourth-order valence-electron chi connectivity index (χ4n) is 3.51. The van der Waals surface area contributed by atoms with E-state index in [0.29, 0.717) is 5.75 Å². The van der Waals surface area contributed by atoms with E-state index < -0.39 is 34.1 Å². The first kappa shape index (κ1) is 24.8. The topological polar surface area (TPSA) is 123 Å². The van der Waals surface area contributed by atoms with Crippen LogP contribution < -0.4 is 15.7 Å². The van der Waals surface area contributed by atoms with E-state index in [2.05, 4.69) is 5.32 Å². The quantitative estimate of drug-likeness (QED) is 0.421. The van der Waals surface area contributed by atoms with Crippen LogP contribution in [0.4, 0.5) is 0 Å². The Morgan fingerprint density at radius 2 is 1.79 bits per heavy atom. The van der Waals surface area contributed by atoms with Crippen molar-refractivity contribution in [2.24, 2.45) is 11.3 Å². The summed E-state index contributed by atoms with van der Waals surface area (Å²) in [6, 6.07) is 8.08. The Morgan fingerprint density at radius 3 is 2.42 bits per heavy atom. The SMILES string of the molecule is CC(C)(C)C(=O)ONOC(=O)[C@@H]1N2C(=O)[C@@H](CNC(=O)COc3ccccc3)C2SC1(C)C. The molecule has 2 aliphatic rings. The Kier molecular flexibility index (Phi) is 7.23.